The van der Waals surface area contributed by atoms with Gasteiger partial charge in [0.15, 0.2) is 5.82 Å². The molecule has 35 heavy (non-hydrogen) atoms. The minimum atomic E-state index is -0.628. The monoisotopic (exact) mass is 498 g/mol. The number of hydrogen-bond donors (Lipinski definition) is 1. The number of nitrogens with one attached hydrogen (secondary N) is 1. The Balaban J connectivity index is 1.63. The molecular formula is C24H24ClFN6O3. The fourth-order valence-electron chi connectivity index (χ4n) is 3.96. The molecule has 1 aliphatic rings. The van der Waals surface area contributed by atoms with E-state index in [4.69, 9.17) is 16.3 Å². The van der Waals surface area contributed by atoms with Crippen LogP contribution in [0.2, 0.25) is 5.02 Å². The minimum absolute atomic E-state index is 0.131. The van der Waals surface area contributed by atoms with E-state index in [1.807, 2.05) is 6.08 Å². The van der Waals surface area contributed by atoms with Crippen LogP contribution in [0.1, 0.15) is 19.3 Å². The molecule has 1 amide bonds. The SMILES string of the molecule is COc1cc2ncnc(N(N=O)c3ccc(F)c(Cl)c3)c2cc1NC(=O)/C=C/CN1CCCCC1. The molecule has 1 saturated heterocycles. The predicted octanol–water partition coefficient (Wildman–Crippen LogP) is 5.23. The first kappa shape index (κ1) is 24.5. The molecule has 0 atom stereocenters. The maximum atomic E-state index is 13.6. The number of piperidine rings is 1. The maximum absolute atomic E-state index is 13.6. The molecule has 0 radical (unpaired) electrons. The molecule has 0 bridgehead atoms. The van der Waals surface area contributed by atoms with E-state index >= 15 is 0 Å². The second-order valence-corrected chi connectivity index (χ2v) is 8.42. The first-order chi connectivity index (χ1) is 17.0. The molecule has 1 fully saturated rings. The van der Waals surface area contributed by atoms with Crippen molar-refractivity contribution < 1.29 is 13.9 Å². The van der Waals surface area contributed by atoms with Crippen LogP contribution >= 0.6 is 11.6 Å². The van der Waals surface area contributed by atoms with E-state index in [1.165, 1.54) is 50.9 Å². The van der Waals surface area contributed by atoms with Crippen LogP contribution in [0.5, 0.6) is 5.75 Å². The average Bonchev–Trinajstić information content (AvgIpc) is 2.87. The summed E-state index contributed by atoms with van der Waals surface area (Å²) in [6.45, 7) is 2.78. The first-order valence-electron chi connectivity index (χ1n) is 11.1. The lowest BCUT2D eigenvalue weighted by Gasteiger charge is -2.24. The molecular weight excluding hydrogens is 475 g/mol. The third-order valence-electron chi connectivity index (χ3n) is 5.70. The second-order valence-electron chi connectivity index (χ2n) is 8.01. The Bertz CT molecular complexity index is 1270. The molecule has 0 unspecified atom stereocenters. The van der Waals surface area contributed by atoms with Gasteiger partial charge in [-0.3, -0.25) is 9.69 Å². The minimum Gasteiger partial charge on any atom is -0.494 e. The van der Waals surface area contributed by atoms with E-state index in [0.29, 0.717) is 28.9 Å². The lowest BCUT2D eigenvalue weighted by molar-refractivity contribution is -0.111. The zero-order valence-corrected chi connectivity index (χ0v) is 19.8. The maximum Gasteiger partial charge on any atom is 0.248 e. The van der Waals surface area contributed by atoms with Crippen LogP contribution in [0.25, 0.3) is 10.9 Å². The number of halogens is 2. The predicted molar refractivity (Wildman–Crippen MR) is 133 cm³/mol. The van der Waals surface area contributed by atoms with E-state index in [1.54, 1.807) is 12.1 Å². The Kier molecular flexibility index (Phi) is 7.84. The van der Waals surface area contributed by atoms with Crippen molar-refractivity contribution in [2.75, 3.05) is 37.1 Å². The van der Waals surface area contributed by atoms with Crippen molar-refractivity contribution in [2.45, 2.75) is 19.3 Å². The number of likely N-dealkylation sites (tertiary alicyclic amines) is 1. The van der Waals surface area contributed by atoms with Crippen molar-refractivity contribution in [3.63, 3.8) is 0 Å². The Morgan fingerprint density at radius 3 is 2.77 bits per heavy atom. The molecule has 4 rings (SSSR count). The zero-order valence-electron chi connectivity index (χ0n) is 19.1. The van der Waals surface area contributed by atoms with Crippen molar-refractivity contribution in [3.05, 3.63) is 64.6 Å². The summed E-state index contributed by atoms with van der Waals surface area (Å²) in [5.41, 5.74) is 1.03. The first-order valence-corrected chi connectivity index (χ1v) is 11.5. The standard InChI is InChI=1S/C24H24ClFN6O3/c1-35-22-14-20-17(13-21(22)29-23(33)6-5-11-31-9-3-2-4-10-31)24(28-15-27-20)32(30-34)16-7-8-19(26)18(25)12-16/h5-8,12-15H,2-4,9-11H2,1H3,(H,29,33)/b6-5+. The topological polar surface area (TPSA) is 100 Å². The van der Waals surface area contributed by atoms with Crippen LogP contribution in [0.15, 0.2) is 54.1 Å². The number of anilines is 3. The number of rotatable bonds is 8. The highest BCUT2D eigenvalue weighted by Gasteiger charge is 2.19. The quantitative estimate of drug-likeness (QED) is 0.258. The lowest BCUT2D eigenvalue weighted by Crippen LogP contribution is -2.29. The fraction of sp³-hybridized carbons (Fsp3) is 0.292. The summed E-state index contributed by atoms with van der Waals surface area (Å²) in [5.74, 6) is -0.438. The molecule has 0 aliphatic carbocycles. The third kappa shape index (κ3) is 5.72. The highest BCUT2D eigenvalue weighted by Crippen LogP contribution is 2.36. The van der Waals surface area contributed by atoms with Crippen LogP contribution in [-0.2, 0) is 4.79 Å². The summed E-state index contributed by atoms with van der Waals surface area (Å²) in [7, 11) is 1.48. The number of fused-ring (bicyclic) bond motifs is 1. The number of ether oxygens (including phenoxy) is 1. The number of amides is 1. The van der Waals surface area contributed by atoms with Gasteiger partial charge in [-0.1, -0.05) is 24.1 Å². The summed E-state index contributed by atoms with van der Waals surface area (Å²) in [5, 5.41) is 7.08. The van der Waals surface area contributed by atoms with Gasteiger partial charge >= 0.3 is 0 Å². The molecule has 3 aromatic rings. The summed E-state index contributed by atoms with van der Waals surface area (Å²) in [4.78, 5) is 35.1. The Hall–Kier alpha value is -3.63. The number of nitroso groups, excluding NO2 is 1. The van der Waals surface area contributed by atoms with Gasteiger partial charge in [0.2, 0.25) is 5.91 Å². The Morgan fingerprint density at radius 1 is 1.26 bits per heavy atom. The van der Waals surface area contributed by atoms with Crippen molar-refractivity contribution in [2.24, 2.45) is 5.29 Å². The van der Waals surface area contributed by atoms with Crippen molar-refractivity contribution in [3.8, 4) is 5.75 Å². The van der Waals surface area contributed by atoms with Gasteiger partial charge < -0.3 is 10.1 Å². The number of carbonyl (C=O) groups is 1. The number of benzene rings is 2. The highest BCUT2D eigenvalue weighted by atomic mass is 35.5. The van der Waals surface area contributed by atoms with E-state index in [0.717, 1.165) is 24.2 Å². The molecule has 11 heteroatoms. The molecule has 1 aromatic heterocycles. The Labute approximate surface area is 206 Å². The van der Waals surface area contributed by atoms with Gasteiger partial charge in [0, 0.05) is 24.1 Å². The van der Waals surface area contributed by atoms with Gasteiger partial charge in [-0.25, -0.2) is 14.4 Å². The van der Waals surface area contributed by atoms with Gasteiger partial charge in [0.1, 0.15) is 17.9 Å². The van der Waals surface area contributed by atoms with Crippen molar-refractivity contribution >= 4 is 45.6 Å². The van der Waals surface area contributed by atoms with Crippen molar-refractivity contribution in [1.82, 2.24) is 14.9 Å². The fourth-order valence-corrected chi connectivity index (χ4v) is 4.13. The van der Waals surface area contributed by atoms with Crippen LogP contribution in [0, 0.1) is 10.7 Å². The third-order valence-corrected chi connectivity index (χ3v) is 5.99. The summed E-state index contributed by atoms with van der Waals surface area (Å²) in [6.07, 6.45) is 8.19. The van der Waals surface area contributed by atoms with Crippen LogP contribution < -0.4 is 15.1 Å². The zero-order chi connectivity index (χ0) is 24.8. The number of nitrogens with zero attached hydrogens (tertiary/aromatic N) is 5. The van der Waals surface area contributed by atoms with Crippen molar-refractivity contribution in [1.29, 1.82) is 0 Å². The summed E-state index contributed by atoms with van der Waals surface area (Å²) >= 11 is 5.88. The van der Waals surface area contributed by atoms with Gasteiger partial charge in [0.05, 0.1) is 34.3 Å². The summed E-state index contributed by atoms with van der Waals surface area (Å²) < 4.78 is 19.1. The largest absolute Gasteiger partial charge is 0.494 e. The number of hydrogen-bond acceptors (Lipinski definition) is 7. The van der Waals surface area contributed by atoms with E-state index in [2.05, 4.69) is 25.5 Å². The second kappa shape index (κ2) is 11.2. The smallest absolute Gasteiger partial charge is 0.248 e. The van der Waals surface area contributed by atoms with E-state index in [-0.39, 0.29) is 22.4 Å². The molecule has 0 saturated carbocycles. The van der Waals surface area contributed by atoms with E-state index < -0.39 is 5.82 Å². The molecule has 1 aliphatic heterocycles. The van der Waals surface area contributed by atoms with Gasteiger partial charge in [-0.2, -0.15) is 5.01 Å². The number of carbonyl (C=O) groups excluding carboxylic acids is 1. The van der Waals surface area contributed by atoms with Crippen LogP contribution in [0.4, 0.5) is 21.6 Å². The lowest BCUT2D eigenvalue weighted by atomic mass is 10.1. The van der Waals surface area contributed by atoms with E-state index in [9.17, 15) is 14.1 Å². The summed E-state index contributed by atoms with van der Waals surface area (Å²) in [6, 6.07) is 6.98. The van der Waals surface area contributed by atoms with Crippen LogP contribution in [-0.4, -0.2) is 47.5 Å². The van der Waals surface area contributed by atoms with Gasteiger partial charge in [-0.15, -0.1) is 4.91 Å². The molecule has 9 nitrogen and oxygen atoms in total. The molecule has 0 spiro atoms. The number of methoxy groups -OCH3 is 1. The van der Waals surface area contributed by atoms with Gasteiger partial charge in [-0.05, 0) is 50.2 Å². The molecule has 182 valence electrons. The number of aromatic nitrogens is 2. The highest BCUT2D eigenvalue weighted by molar-refractivity contribution is 6.31. The molecule has 2 heterocycles. The molecule has 2 aromatic carbocycles. The van der Waals surface area contributed by atoms with Gasteiger partial charge in [0.25, 0.3) is 0 Å². The average molecular weight is 499 g/mol. The molecule has 1 N–H and O–H groups in total. The van der Waals surface area contributed by atoms with Crippen LogP contribution in [0.3, 0.4) is 0 Å². The normalized spacial score (nSPS) is 14.3. The Morgan fingerprint density at radius 2 is 2.06 bits per heavy atom.